The molecule has 1 aromatic carbocycles. The van der Waals surface area contributed by atoms with E-state index in [1.807, 2.05) is 24.3 Å². The van der Waals surface area contributed by atoms with Crippen molar-refractivity contribution in [2.75, 3.05) is 0 Å². The molecular weight excluding hydrogens is 232 g/mol. The summed E-state index contributed by atoms with van der Waals surface area (Å²) >= 11 is 1.72. The van der Waals surface area contributed by atoms with Crippen molar-refractivity contribution in [2.45, 2.75) is 20.3 Å². The molecule has 0 unspecified atom stereocenters. The van der Waals surface area contributed by atoms with Gasteiger partial charge in [-0.3, -0.25) is 4.79 Å². The van der Waals surface area contributed by atoms with E-state index in [9.17, 15) is 4.79 Å². The molecule has 88 valence electrons. The highest BCUT2D eigenvalue weighted by Gasteiger charge is 2.05. The average molecular weight is 246 g/mol. The summed E-state index contributed by atoms with van der Waals surface area (Å²) in [4.78, 5) is 12.4. The van der Waals surface area contributed by atoms with E-state index in [0.29, 0.717) is 12.2 Å². The fraction of sp³-hybridized carbons (Fsp3) is 0.214. The maximum absolute atomic E-state index is 11.1. The van der Waals surface area contributed by atoms with Crippen LogP contribution in [0.2, 0.25) is 0 Å². The second kappa shape index (κ2) is 5.15. The first-order chi connectivity index (χ1) is 8.20. The SMILES string of the molecule is CCC(=O)Oc1ccc(-c2sccc2C)cc1. The van der Waals surface area contributed by atoms with Gasteiger partial charge in [-0.25, -0.2) is 0 Å². The van der Waals surface area contributed by atoms with E-state index in [0.717, 1.165) is 5.56 Å². The molecule has 2 aromatic rings. The first-order valence-electron chi connectivity index (χ1n) is 5.56. The lowest BCUT2D eigenvalue weighted by atomic mass is 10.1. The summed E-state index contributed by atoms with van der Waals surface area (Å²) in [6.45, 7) is 3.88. The molecule has 0 saturated carbocycles. The molecule has 0 amide bonds. The molecule has 2 nitrogen and oxygen atoms in total. The summed E-state index contributed by atoms with van der Waals surface area (Å²) in [5.74, 6) is 0.403. The van der Waals surface area contributed by atoms with Crippen LogP contribution in [0.15, 0.2) is 35.7 Å². The Labute approximate surface area is 105 Å². The molecule has 0 aliphatic rings. The summed E-state index contributed by atoms with van der Waals surface area (Å²) in [7, 11) is 0. The van der Waals surface area contributed by atoms with Crippen LogP contribution in [0, 0.1) is 6.92 Å². The van der Waals surface area contributed by atoms with Gasteiger partial charge in [-0.15, -0.1) is 11.3 Å². The van der Waals surface area contributed by atoms with Gasteiger partial charge in [-0.1, -0.05) is 6.92 Å². The van der Waals surface area contributed by atoms with Crippen LogP contribution in [0.1, 0.15) is 18.9 Å². The number of hydrogen-bond acceptors (Lipinski definition) is 3. The van der Waals surface area contributed by atoms with E-state index in [4.69, 9.17) is 4.74 Å². The maximum Gasteiger partial charge on any atom is 0.310 e. The molecule has 0 N–H and O–H groups in total. The molecule has 0 fully saturated rings. The largest absolute Gasteiger partial charge is 0.427 e. The Morgan fingerprint density at radius 2 is 1.94 bits per heavy atom. The zero-order valence-electron chi connectivity index (χ0n) is 9.90. The lowest BCUT2D eigenvalue weighted by Gasteiger charge is -2.04. The van der Waals surface area contributed by atoms with Crippen molar-refractivity contribution in [1.29, 1.82) is 0 Å². The van der Waals surface area contributed by atoms with E-state index < -0.39 is 0 Å². The van der Waals surface area contributed by atoms with Crippen molar-refractivity contribution in [3.8, 4) is 16.2 Å². The van der Waals surface area contributed by atoms with E-state index in [2.05, 4.69) is 18.4 Å². The third-order valence-electron chi connectivity index (χ3n) is 2.50. The summed E-state index contributed by atoms with van der Waals surface area (Å²) < 4.78 is 5.13. The molecule has 0 radical (unpaired) electrons. The van der Waals surface area contributed by atoms with Gasteiger partial charge < -0.3 is 4.74 Å². The van der Waals surface area contributed by atoms with E-state index in [-0.39, 0.29) is 5.97 Å². The van der Waals surface area contributed by atoms with Gasteiger partial charge in [0.25, 0.3) is 0 Å². The third-order valence-corrected chi connectivity index (χ3v) is 3.56. The van der Waals surface area contributed by atoms with Crippen molar-refractivity contribution in [1.82, 2.24) is 0 Å². The third kappa shape index (κ3) is 2.74. The average Bonchev–Trinajstić information content (AvgIpc) is 2.76. The van der Waals surface area contributed by atoms with Gasteiger partial charge in [-0.05, 0) is 53.8 Å². The van der Waals surface area contributed by atoms with E-state index in [1.54, 1.807) is 18.3 Å². The second-order valence-electron chi connectivity index (χ2n) is 3.78. The zero-order chi connectivity index (χ0) is 12.3. The van der Waals surface area contributed by atoms with Gasteiger partial charge in [-0.2, -0.15) is 0 Å². The minimum absolute atomic E-state index is 0.204. The first kappa shape index (κ1) is 11.9. The molecule has 0 spiro atoms. The van der Waals surface area contributed by atoms with Gasteiger partial charge in [0.2, 0.25) is 0 Å². The van der Waals surface area contributed by atoms with Crippen molar-refractivity contribution in [3.63, 3.8) is 0 Å². The highest BCUT2D eigenvalue weighted by atomic mass is 32.1. The number of thiophene rings is 1. The first-order valence-corrected chi connectivity index (χ1v) is 6.44. The molecule has 0 aliphatic carbocycles. The highest BCUT2D eigenvalue weighted by Crippen LogP contribution is 2.30. The Morgan fingerprint density at radius 1 is 1.24 bits per heavy atom. The van der Waals surface area contributed by atoms with Crippen molar-refractivity contribution in [3.05, 3.63) is 41.3 Å². The maximum atomic E-state index is 11.1. The molecule has 0 aliphatic heterocycles. The van der Waals surface area contributed by atoms with Crippen molar-refractivity contribution < 1.29 is 9.53 Å². The quantitative estimate of drug-likeness (QED) is 0.603. The Balaban J connectivity index is 2.19. The Morgan fingerprint density at radius 3 is 2.47 bits per heavy atom. The molecule has 0 bridgehead atoms. The topological polar surface area (TPSA) is 26.3 Å². The van der Waals surface area contributed by atoms with Crippen LogP contribution in [0.5, 0.6) is 5.75 Å². The number of rotatable bonds is 3. The number of esters is 1. The fourth-order valence-corrected chi connectivity index (χ4v) is 2.48. The number of benzene rings is 1. The summed E-state index contributed by atoms with van der Waals surface area (Å²) in [6.07, 6.45) is 0.395. The summed E-state index contributed by atoms with van der Waals surface area (Å²) in [5, 5.41) is 2.08. The van der Waals surface area contributed by atoms with Crippen molar-refractivity contribution in [2.24, 2.45) is 0 Å². The molecule has 1 aromatic heterocycles. The van der Waals surface area contributed by atoms with Crippen LogP contribution < -0.4 is 4.74 Å². The lowest BCUT2D eigenvalue weighted by molar-refractivity contribution is -0.134. The minimum atomic E-state index is -0.204. The van der Waals surface area contributed by atoms with Crippen LogP contribution >= 0.6 is 11.3 Å². The molecule has 0 atom stereocenters. The Hall–Kier alpha value is -1.61. The monoisotopic (exact) mass is 246 g/mol. The van der Waals surface area contributed by atoms with Gasteiger partial charge in [0, 0.05) is 11.3 Å². The minimum Gasteiger partial charge on any atom is -0.427 e. The Bertz CT molecular complexity index is 511. The van der Waals surface area contributed by atoms with E-state index in [1.165, 1.54) is 10.4 Å². The molecular formula is C14H14O2S. The van der Waals surface area contributed by atoms with Crippen LogP contribution in [-0.2, 0) is 4.79 Å². The van der Waals surface area contributed by atoms with Crippen LogP contribution in [0.25, 0.3) is 10.4 Å². The zero-order valence-corrected chi connectivity index (χ0v) is 10.7. The number of carbonyl (C=O) groups excluding carboxylic acids is 1. The van der Waals surface area contributed by atoms with Gasteiger partial charge in [0.15, 0.2) is 0 Å². The summed E-state index contributed by atoms with van der Waals surface area (Å²) in [6, 6.07) is 9.74. The molecule has 3 heteroatoms. The number of ether oxygens (including phenoxy) is 1. The predicted molar refractivity (Wildman–Crippen MR) is 70.4 cm³/mol. The lowest BCUT2D eigenvalue weighted by Crippen LogP contribution is -2.05. The smallest absolute Gasteiger partial charge is 0.310 e. The van der Waals surface area contributed by atoms with Crippen LogP contribution in [0.4, 0.5) is 0 Å². The van der Waals surface area contributed by atoms with E-state index >= 15 is 0 Å². The number of aryl methyl sites for hydroxylation is 1. The van der Waals surface area contributed by atoms with Crippen molar-refractivity contribution >= 4 is 17.3 Å². The van der Waals surface area contributed by atoms with Crippen LogP contribution in [-0.4, -0.2) is 5.97 Å². The highest BCUT2D eigenvalue weighted by molar-refractivity contribution is 7.13. The summed E-state index contributed by atoms with van der Waals surface area (Å²) in [5.41, 5.74) is 2.43. The van der Waals surface area contributed by atoms with Gasteiger partial charge in [0.05, 0.1) is 0 Å². The molecule has 2 rings (SSSR count). The fourth-order valence-electron chi connectivity index (χ4n) is 1.55. The predicted octanol–water partition coefficient (Wildman–Crippen LogP) is 4.04. The molecule has 0 saturated heterocycles. The number of carbonyl (C=O) groups is 1. The molecule has 1 heterocycles. The van der Waals surface area contributed by atoms with Crippen LogP contribution in [0.3, 0.4) is 0 Å². The Kier molecular flexibility index (Phi) is 3.59. The normalized spacial score (nSPS) is 10.2. The van der Waals surface area contributed by atoms with Gasteiger partial charge in [0.1, 0.15) is 5.75 Å². The molecule has 17 heavy (non-hydrogen) atoms. The van der Waals surface area contributed by atoms with Gasteiger partial charge >= 0.3 is 5.97 Å². The number of hydrogen-bond donors (Lipinski definition) is 0. The standard InChI is InChI=1S/C14H14O2S/c1-3-13(15)16-12-6-4-11(5-7-12)14-10(2)8-9-17-14/h4-9H,3H2,1-2H3. The second-order valence-corrected chi connectivity index (χ2v) is 4.70.